The van der Waals surface area contributed by atoms with Gasteiger partial charge in [0.15, 0.2) is 10.9 Å². The zero-order valence-corrected chi connectivity index (χ0v) is 14.5. The number of methoxy groups -OCH3 is 1. The summed E-state index contributed by atoms with van der Waals surface area (Å²) in [4.78, 5) is 16.5. The Hall–Kier alpha value is -3.11. The van der Waals surface area contributed by atoms with E-state index in [0.29, 0.717) is 16.6 Å². The third kappa shape index (κ3) is 3.70. The Morgan fingerprint density at radius 3 is 2.92 bits per heavy atom. The Morgan fingerprint density at radius 2 is 2.24 bits per heavy atom. The van der Waals surface area contributed by atoms with Gasteiger partial charge in [-0.1, -0.05) is 0 Å². The molecule has 1 amide bonds. The third-order valence-corrected chi connectivity index (χ3v) is 4.29. The lowest BCUT2D eigenvalue weighted by atomic mass is 10.1. The molecule has 1 N–H and O–H groups in total. The molecule has 2 heterocycles. The molecule has 6 nitrogen and oxygen atoms in total. The van der Waals surface area contributed by atoms with Gasteiger partial charge in [0.2, 0.25) is 0 Å². The fourth-order valence-electron chi connectivity index (χ4n) is 2.34. The number of hydrogen-bond acceptors (Lipinski definition) is 6. The van der Waals surface area contributed by atoms with Crippen molar-refractivity contribution in [2.45, 2.75) is 13.3 Å². The molecule has 0 saturated carbocycles. The zero-order valence-electron chi connectivity index (χ0n) is 13.7. The average molecular weight is 353 g/mol. The van der Waals surface area contributed by atoms with Crippen LogP contribution in [0.25, 0.3) is 11.3 Å². The van der Waals surface area contributed by atoms with Gasteiger partial charge in [-0.15, -0.1) is 11.3 Å². The second kappa shape index (κ2) is 7.20. The van der Waals surface area contributed by atoms with Crippen LogP contribution in [0.15, 0.2) is 40.1 Å². The minimum Gasteiger partial charge on any atom is -0.496 e. The van der Waals surface area contributed by atoms with Crippen molar-refractivity contribution in [1.82, 2.24) is 4.98 Å². The monoisotopic (exact) mass is 353 g/mol. The van der Waals surface area contributed by atoms with E-state index in [1.165, 1.54) is 11.3 Å². The van der Waals surface area contributed by atoms with E-state index in [1.807, 2.05) is 23.6 Å². The number of ether oxygens (including phenoxy) is 1. The first-order valence-corrected chi connectivity index (χ1v) is 8.36. The van der Waals surface area contributed by atoms with Gasteiger partial charge < -0.3 is 9.15 Å². The van der Waals surface area contributed by atoms with E-state index in [4.69, 9.17) is 14.4 Å². The summed E-state index contributed by atoms with van der Waals surface area (Å²) in [5, 5.41) is 14.0. The number of hydrogen-bond donors (Lipinski definition) is 1. The molecule has 0 bridgehead atoms. The fraction of sp³-hybridized carbons (Fsp3) is 0.167. The Kier molecular flexibility index (Phi) is 4.82. The van der Waals surface area contributed by atoms with Crippen LogP contribution in [-0.2, 0) is 6.42 Å². The van der Waals surface area contributed by atoms with Crippen molar-refractivity contribution in [3.8, 4) is 23.1 Å². The predicted molar refractivity (Wildman–Crippen MR) is 94.8 cm³/mol. The normalized spacial score (nSPS) is 10.3. The standard InChI is InChI=1S/C18H15N3O3S/c1-11-3-5-16(24-11)17(22)21-18-20-14(10-25-18)12-4-6-15(23-2)13(9-12)7-8-19/h3-6,9-10H,7H2,1-2H3,(H,20,21,22). The van der Waals surface area contributed by atoms with Crippen molar-refractivity contribution < 1.29 is 13.9 Å². The SMILES string of the molecule is COc1ccc(-c2csc(NC(=O)c3ccc(C)o3)n2)cc1CC#N. The number of nitrogens with one attached hydrogen (secondary N) is 1. The minimum absolute atomic E-state index is 0.245. The molecule has 0 aliphatic heterocycles. The molecule has 3 rings (SSSR count). The first-order valence-electron chi connectivity index (χ1n) is 7.48. The van der Waals surface area contributed by atoms with E-state index in [9.17, 15) is 4.79 Å². The summed E-state index contributed by atoms with van der Waals surface area (Å²) in [5.74, 6) is 1.25. The highest BCUT2D eigenvalue weighted by atomic mass is 32.1. The molecule has 0 aliphatic carbocycles. The van der Waals surface area contributed by atoms with Crippen molar-refractivity contribution in [3.05, 3.63) is 52.8 Å². The van der Waals surface area contributed by atoms with Crippen molar-refractivity contribution >= 4 is 22.4 Å². The highest BCUT2D eigenvalue weighted by Crippen LogP contribution is 2.29. The minimum atomic E-state index is -0.339. The van der Waals surface area contributed by atoms with Gasteiger partial charge in [0.1, 0.15) is 11.5 Å². The number of nitriles is 1. The summed E-state index contributed by atoms with van der Waals surface area (Å²) in [6.07, 6.45) is 0.253. The number of benzene rings is 1. The molecular weight excluding hydrogens is 338 g/mol. The summed E-state index contributed by atoms with van der Waals surface area (Å²) < 4.78 is 10.6. The molecule has 126 valence electrons. The van der Waals surface area contributed by atoms with Crippen LogP contribution in [0, 0.1) is 18.3 Å². The molecule has 0 spiro atoms. The number of amides is 1. The predicted octanol–water partition coefficient (Wildman–Crippen LogP) is 4.04. The van der Waals surface area contributed by atoms with Crippen LogP contribution in [0.5, 0.6) is 5.75 Å². The number of anilines is 1. The largest absolute Gasteiger partial charge is 0.496 e. The third-order valence-electron chi connectivity index (χ3n) is 3.53. The Labute approximate surface area is 148 Å². The molecule has 7 heteroatoms. The first-order chi connectivity index (χ1) is 12.1. The van der Waals surface area contributed by atoms with Gasteiger partial charge in [0, 0.05) is 16.5 Å². The number of nitrogens with zero attached hydrogens (tertiary/aromatic N) is 2. The van der Waals surface area contributed by atoms with Crippen molar-refractivity contribution in [2.24, 2.45) is 0 Å². The molecule has 1 aromatic carbocycles. The molecule has 0 fully saturated rings. The maximum absolute atomic E-state index is 12.1. The summed E-state index contributed by atoms with van der Waals surface area (Å²) in [6, 6.07) is 11.0. The highest BCUT2D eigenvalue weighted by Gasteiger charge is 2.14. The van der Waals surface area contributed by atoms with Gasteiger partial charge >= 0.3 is 0 Å². The second-order valence-electron chi connectivity index (χ2n) is 5.26. The molecule has 0 radical (unpaired) electrons. The number of aryl methyl sites for hydroxylation is 1. The Balaban J connectivity index is 1.80. The maximum atomic E-state index is 12.1. The lowest BCUT2D eigenvalue weighted by Crippen LogP contribution is -2.10. The van der Waals surface area contributed by atoms with Crippen LogP contribution < -0.4 is 10.1 Å². The summed E-state index contributed by atoms with van der Waals surface area (Å²) in [5.41, 5.74) is 2.38. The van der Waals surface area contributed by atoms with Gasteiger partial charge in [-0.3, -0.25) is 10.1 Å². The zero-order chi connectivity index (χ0) is 17.8. The van der Waals surface area contributed by atoms with Crippen LogP contribution >= 0.6 is 11.3 Å². The van der Waals surface area contributed by atoms with Crippen LogP contribution in [0.1, 0.15) is 21.9 Å². The highest BCUT2D eigenvalue weighted by molar-refractivity contribution is 7.14. The fourth-order valence-corrected chi connectivity index (χ4v) is 3.05. The molecule has 3 aromatic rings. The lowest BCUT2D eigenvalue weighted by Gasteiger charge is -2.07. The molecule has 2 aromatic heterocycles. The molecule has 0 unspecified atom stereocenters. The van der Waals surface area contributed by atoms with E-state index >= 15 is 0 Å². The number of carbonyl (C=O) groups excluding carboxylic acids is 1. The molecule has 0 saturated heterocycles. The number of rotatable bonds is 5. The van der Waals surface area contributed by atoms with Crippen LogP contribution in [0.4, 0.5) is 5.13 Å². The molecular formula is C18H15N3O3S. The van der Waals surface area contributed by atoms with Crippen molar-refractivity contribution in [3.63, 3.8) is 0 Å². The molecule has 25 heavy (non-hydrogen) atoms. The summed E-state index contributed by atoms with van der Waals surface area (Å²) in [7, 11) is 1.57. The van der Waals surface area contributed by atoms with Gasteiger partial charge in [-0.05, 0) is 37.3 Å². The number of furan rings is 1. The maximum Gasteiger partial charge on any atom is 0.293 e. The smallest absolute Gasteiger partial charge is 0.293 e. The van der Waals surface area contributed by atoms with Crippen molar-refractivity contribution in [1.29, 1.82) is 5.26 Å². The van der Waals surface area contributed by atoms with Crippen LogP contribution in [-0.4, -0.2) is 18.0 Å². The topological polar surface area (TPSA) is 88.2 Å². The first kappa shape index (κ1) is 16.7. The van der Waals surface area contributed by atoms with Gasteiger partial charge in [0.25, 0.3) is 5.91 Å². The number of aromatic nitrogens is 1. The molecule has 0 atom stereocenters. The number of thiazole rings is 1. The van der Waals surface area contributed by atoms with Crippen molar-refractivity contribution in [2.75, 3.05) is 12.4 Å². The van der Waals surface area contributed by atoms with Gasteiger partial charge in [-0.25, -0.2) is 4.98 Å². The van der Waals surface area contributed by atoms with Crippen LogP contribution in [0.3, 0.4) is 0 Å². The number of carbonyl (C=O) groups is 1. The van der Waals surface area contributed by atoms with E-state index < -0.39 is 0 Å². The Bertz CT molecular complexity index is 953. The van der Waals surface area contributed by atoms with Crippen LogP contribution in [0.2, 0.25) is 0 Å². The Morgan fingerprint density at radius 1 is 1.40 bits per heavy atom. The summed E-state index contributed by atoms with van der Waals surface area (Å²) >= 11 is 1.32. The van der Waals surface area contributed by atoms with E-state index in [2.05, 4.69) is 16.4 Å². The quantitative estimate of drug-likeness (QED) is 0.748. The van der Waals surface area contributed by atoms with E-state index in [1.54, 1.807) is 26.2 Å². The van der Waals surface area contributed by atoms with E-state index in [0.717, 1.165) is 16.8 Å². The lowest BCUT2D eigenvalue weighted by molar-refractivity contribution is 0.0995. The van der Waals surface area contributed by atoms with Gasteiger partial charge in [0.05, 0.1) is 25.3 Å². The summed E-state index contributed by atoms with van der Waals surface area (Å²) in [6.45, 7) is 1.78. The van der Waals surface area contributed by atoms with E-state index in [-0.39, 0.29) is 18.1 Å². The van der Waals surface area contributed by atoms with Gasteiger partial charge in [-0.2, -0.15) is 5.26 Å². The average Bonchev–Trinajstić information content (AvgIpc) is 3.24. The molecule has 0 aliphatic rings. The second-order valence-corrected chi connectivity index (χ2v) is 6.12.